The maximum atomic E-state index is 12.5. The lowest BCUT2D eigenvalue weighted by Gasteiger charge is -2.24. The summed E-state index contributed by atoms with van der Waals surface area (Å²) < 4.78 is 0. The van der Waals surface area contributed by atoms with Gasteiger partial charge in [0.05, 0.1) is 0 Å². The van der Waals surface area contributed by atoms with Gasteiger partial charge in [0.1, 0.15) is 12.1 Å². The minimum Gasteiger partial charge on any atom is -0.352 e. The van der Waals surface area contributed by atoms with Gasteiger partial charge in [-0.2, -0.15) is 0 Å². The Balaban J connectivity index is 1.90. The Labute approximate surface area is 138 Å². The maximum absolute atomic E-state index is 12.5. The number of nitrogens with one attached hydrogen (secondary N) is 2. The van der Waals surface area contributed by atoms with E-state index in [-0.39, 0.29) is 24.4 Å². The molecule has 23 heavy (non-hydrogen) atoms. The van der Waals surface area contributed by atoms with Gasteiger partial charge in [-0.25, -0.2) is 4.79 Å². The second-order valence-corrected chi connectivity index (χ2v) is 7.49. The summed E-state index contributed by atoms with van der Waals surface area (Å²) >= 11 is 0. The van der Waals surface area contributed by atoms with Gasteiger partial charge in [0.2, 0.25) is 5.91 Å². The van der Waals surface area contributed by atoms with E-state index in [2.05, 4.69) is 24.5 Å². The molecule has 1 aliphatic carbocycles. The third kappa shape index (κ3) is 4.45. The summed E-state index contributed by atoms with van der Waals surface area (Å²) in [4.78, 5) is 37.8. The molecule has 2 fully saturated rings. The first-order valence-electron chi connectivity index (χ1n) is 8.75. The summed E-state index contributed by atoms with van der Waals surface area (Å²) in [5.41, 5.74) is -0.882. The van der Waals surface area contributed by atoms with Crippen molar-refractivity contribution in [1.29, 1.82) is 0 Å². The molecule has 6 nitrogen and oxygen atoms in total. The van der Waals surface area contributed by atoms with E-state index in [1.54, 1.807) is 6.92 Å². The lowest BCUT2D eigenvalue weighted by molar-refractivity contribution is -0.135. The number of amides is 4. The fourth-order valence-electron chi connectivity index (χ4n) is 3.30. The molecule has 0 radical (unpaired) electrons. The van der Waals surface area contributed by atoms with E-state index in [0.717, 1.165) is 37.0 Å². The number of imide groups is 1. The minimum absolute atomic E-state index is 0.182. The van der Waals surface area contributed by atoms with Crippen molar-refractivity contribution in [3.63, 3.8) is 0 Å². The quantitative estimate of drug-likeness (QED) is 0.735. The fraction of sp³-hybridized carbons (Fsp3) is 0.824. The molecule has 6 heteroatoms. The molecule has 2 N–H and O–H groups in total. The van der Waals surface area contributed by atoms with Crippen LogP contribution in [0, 0.1) is 5.92 Å². The first kappa shape index (κ1) is 17.8. The standard InChI is InChI=1S/C17H29N3O3/c1-12(2)9-10-17(3)15(22)20(16(23)19-17)11-14(21)18-13-7-5-4-6-8-13/h12-13H,4-11H2,1-3H3,(H,18,21)(H,19,23)/t17-/m1/s1. The smallest absolute Gasteiger partial charge is 0.325 e. The van der Waals surface area contributed by atoms with Gasteiger partial charge < -0.3 is 10.6 Å². The summed E-state index contributed by atoms with van der Waals surface area (Å²) in [5, 5.41) is 5.70. The highest BCUT2D eigenvalue weighted by Gasteiger charge is 2.47. The Morgan fingerprint density at radius 1 is 1.30 bits per heavy atom. The average molecular weight is 323 g/mol. The van der Waals surface area contributed by atoms with Crippen molar-refractivity contribution in [2.75, 3.05) is 6.54 Å². The number of nitrogens with zero attached hydrogens (tertiary/aromatic N) is 1. The van der Waals surface area contributed by atoms with Gasteiger partial charge in [-0.05, 0) is 38.5 Å². The molecule has 2 rings (SSSR count). The summed E-state index contributed by atoms with van der Waals surface area (Å²) in [6.07, 6.45) is 6.88. The van der Waals surface area contributed by atoms with Crippen molar-refractivity contribution in [2.45, 2.75) is 77.3 Å². The summed E-state index contributed by atoms with van der Waals surface area (Å²) in [7, 11) is 0. The van der Waals surface area contributed by atoms with E-state index in [1.807, 2.05) is 0 Å². The predicted molar refractivity (Wildman–Crippen MR) is 87.7 cm³/mol. The molecule has 4 amide bonds. The van der Waals surface area contributed by atoms with Gasteiger partial charge in [-0.15, -0.1) is 0 Å². The Morgan fingerprint density at radius 3 is 2.57 bits per heavy atom. The van der Waals surface area contributed by atoms with Gasteiger partial charge in [0.15, 0.2) is 0 Å². The van der Waals surface area contributed by atoms with Crippen molar-refractivity contribution < 1.29 is 14.4 Å². The molecule has 0 aromatic heterocycles. The largest absolute Gasteiger partial charge is 0.352 e. The van der Waals surface area contributed by atoms with Crippen LogP contribution in [0.4, 0.5) is 4.79 Å². The first-order valence-corrected chi connectivity index (χ1v) is 8.75. The third-order valence-corrected chi connectivity index (χ3v) is 4.84. The predicted octanol–water partition coefficient (Wildman–Crippen LogP) is 2.18. The van der Waals surface area contributed by atoms with Crippen LogP contribution >= 0.6 is 0 Å². The summed E-state index contributed by atoms with van der Waals surface area (Å²) in [5.74, 6) is -0.0735. The molecule has 1 heterocycles. The van der Waals surface area contributed by atoms with E-state index in [4.69, 9.17) is 0 Å². The molecule has 0 bridgehead atoms. The molecule has 1 saturated heterocycles. The lowest BCUT2D eigenvalue weighted by Crippen LogP contribution is -2.46. The van der Waals surface area contributed by atoms with E-state index in [1.165, 1.54) is 6.42 Å². The number of carbonyl (C=O) groups excluding carboxylic acids is 3. The second kappa shape index (κ2) is 7.32. The van der Waals surface area contributed by atoms with Crippen LogP contribution < -0.4 is 10.6 Å². The molecular formula is C17H29N3O3. The number of hydrogen-bond acceptors (Lipinski definition) is 3. The normalized spacial score (nSPS) is 25.8. The van der Waals surface area contributed by atoms with Crippen molar-refractivity contribution in [3.05, 3.63) is 0 Å². The van der Waals surface area contributed by atoms with Gasteiger partial charge >= 0.3 is 6.03 Å². The van der Waals surface area contributed by atoms with E-state index < -0.39 is 11.6 Å². The van der Waals surface area contributed by atoms with Crippen LogP contribution in [-0.2, 0) is 9.59 Å². The average Bonchev–Trinajstić information content (AvgIpc) is 2.70. The SMILES string of the molecule is CC(C)CC[C@@]1(C)NC(=O)N(CC(=O)NC2CCCCC2)C1=O. The second-order valence-electron chi connectivity index (χ2n) is 7.49. The van der Waals surface area contributed by atoms with Gasteiger partial charge in [-0.1, -0.05) is 33.1 Å². The number of carbonyl (C=O) groups is 3. The zero-order valence-corrected chi connectivity index (χ0v) is 14.5. The molecule has 0 aromatic carbocycles. The van der Waals surface area contributed by atoms with E-state index in [9.17, 15) is 14.4 Å². The number of urea groups is 1. The highest BCUT2D eigenvalue weighted by atomic mass is 16.2. The zero-order chi connectivity index (χ0) is 17.0. The topological polar surface area (TPSA) is 78.5 Å². The van der Waals surface area contributed by atoms with Crippen LogP contribution in [0.25, 0.3) is 0 Å². The van der Waals surface area contributed by atoms with Crippen LogP contribution in [0.15, 0.2) is 0 Å². The lowest BCUT2D eigenvalue weighted by atomic mass is 9.92. The van der Waals surface area contributed by atoms with Crippen molar-refractivity contribution in [1.82, 2.24) is 15.5 Å². The monoisotopic (exact) mass is 323 g/mol. The molecule has 1 atom stereocenters. The van der Waals surface area contributed by atoms with Gasteiger partial charge in [0.25, 0.3) is 5.91 Å². The first-order chi connectivity index (χ1) is 10.8. The molecule has 130 valence electrons. The van der Waals surface area contributed by atoms with Crippen molar-refractivity contribution in [2.24, 2.45) is 5.92 Å². The van der Waals surface area contributed by atoms with E-state index >= 15 is 0 Å². The molecule has 0 spiro atoms. The molecule has 0 unspecified atom stereocenters. The Hall–Kier alpha value is -1.59. The molecule has 1 aliphatic heterocycles. The number of hydrogen-bond donors (Lipinski definition) is 2. The van der Waals surface area contributed by atoms with Crippen LogP contribution in [0.5, 0.6) is 0 Å². The highest BCUT2D eigenvalue weighted by molar-refractivity contribution is 6.08. The zero-order valence-electron chi connectivity index (χ0n) is 14.5. The third-order valence-electron chi connectivity index (χ3n) is 4.84. The van der Waals surface area contributed by atoms with Crippen LogP contribution in [0.2, 0.25) is 0 Å². The molecule has 1 saturated carbocycles. The summed E-state index contributed by atoms with van der Waals surface area (Å²) in [6, 6.07) is -0.274. The van der Waals surface area contributed by atoms with Crippen molar-refractivity contribution >= 4 is 17.8 Å². The van der Waals surface area contributed by atoms with Crippen LogP contribution in [0.1, 0.15) is 65.7 Å². The minimum atomic E-state index is -0.882. The Morgan fingerprint density at radius 2 is 1.96 bits per heavy atom. The fourth-order valence-corrected chi connectivity index (χ4v) is 3.30. The molecule has 0 aromatic rings. The number of rotatable bonds is 6. The Bertz CT molecular complexity index is 472. The summed E-state index contributed by atoms with van der Waals surface area (Å²) in [6.45, 7) is 5.73. The van der Waals surface area contributed by atoms with E-state index in [0.29, 0.717) is 12.3 Å². The molecule has 2 aliphatic rings. The van der Waals surface area contributed by atoms with Gasteiger partial charge in [0, 0.05) is 6.04 Å². The Kier molecular flexibility index (Phi) is 5.65. The van der Waals surface area contributed by atoms with Crippen LogP contribution in [-0.4, -0.2) is 40.9 Å². The van der Waals surface area contributed by atoms with Gasteiger partial charge in [-0.3, -0.25) is 14.5 Å². The molecular weight excluding hydrogens is 294 g/mol. The van der Waals surface area contributed by atoms with Crippen LogP contribution in [0.3, 0.4) is 0 Å². The maximum Gasteiger partial charge on any atom is 0.325 e. The van der Waals surface area contributed by atoms with Crippen molar-refractivity contribution in [3.8, 4) is 0 Å². The highest BCUT2D eigenvalue weighted by Crippen LogP contribution is 2.24.